The zero-order valence-electron chi connectivity index (χ0n) is 12.1. The second-order valence-corrected chi connectivity index (χ2v) is 7.07. The summed E-state index contributed by atoms with van der Waals surface area (Å²) < 4.78 is 0. The van der Waals surface area contributed by atoms with Gasteiger partial charge in [0.05, 0.1) is 10.7 Å². The Bertz CT molecular complexity index is 442. The van der Waals surface area contributed by atoms with E-state index in [9.17, 15) is 0 Å². The molecule has 1 fully saturated rings. The molecule has 1 aromatic heterocycles. The highest BCUT2D eigenvalue weighted by Gasteiger charge is 2.12. The Kier molecular flexibility index (Phi) is 8.20. The lowest BCUT2D eigenvalue weighted by atomic mass is 10.3. The summed E-state index contributed by atoms with van der Waals surface area (Å²) in [6, 6.07) is 0. The van der Waals surface area contributed by atoms with Gasteiger partial charge in [0.15, 0.2) is 5.96 Å². The molecule has 0 aliphatic carbocycles. The molecular formula is C13H23IN4S2. The van der Waals surface area contributed by atoms with Gasteiger partial charge in [0.1, 0.15) is 0 Å². The van der Waals surface area contributed by atoms with Crippen molar-refractivity contribution in [1.29, 1.82) is 0 Å². The van der Waals surface area contributed by atoms with Crippen molar-refractivity contribution in [3.63, 3.8) is 0 Å². The van der Waals surface area contributed by atoms with Crippen LogP contribution in [0.2, 0.25) is 0 Å². The van der Waals surface area contributed by atoms with E-state index in [1.165, 1.54) is 15.6 Å². The van der Waals surface area contributed by atoms with E-state index in [2.05, 4.69) is 28.7 Å². The third-order valence-corrected chi connectivity index (χ3v) is 5.22. The van der Waals surface area contributed by atoms with Gasteiger partial charge in [-0.2, -0.15) is 11.8 Å². The van der Waals surface area contributed by atoms with Gasteiger partial charge in [-0.05, 0) is 13.3 Å². The van der Waals surface area contributed by atoms with Crippen LogP contribution < -0.4 is 5.73 Å². The highest BCUT2D eigenvalue weighted by molar-refractivity contribution is 14.0. The molecule has 2 heterocycles. The van der Waals surface area contributed by atoms with Gasteiger partial charge in [-0.15, -0.1) is 35.3 Å². The summed E-state index contributed by atoms with van der Waals surface area (Å²) in [5.41, 5.74) is 7.25. The van der Waals surface area contributed by atoms with Gasteiger partial charge in [0, 0.05) is 42.4 Å². The van der Waals surface area contributed by atoms with Crippen LogP contribution >= 0.6 is 47.1 Å². The molecular weight excluding hydrogens is 403 g/mol. The van der Waals surface area contributed by atoms with Crippen LogP contribution in [0.4, 0.5) is 0 Å². The summed E-state index contributed by atoms with van der Waals surface area (Å²) in [5, 5.41) is 1.18. The van der Waals surface area contributed by atoms with Crippen LogP contribution in [0.1, 0.15) is 22.5 Å². The van der Waals surface area contributed by atoms with Crippen molar-refractivity contribution in [2.24, 2.45) is 10.7 Å². The fourth-order valence-corrected chi connectivity index (χ4v) is 3.99. The van der Waals surface area contributed by atoms with Crippen LogP contribution in [0.3, 0.4) is 0 Å². The molecule has 1 aliphatic rings. The number of thiazole rings is 1. The molecule has 1 aliphatic heterocycles. The summed E-state index contributed by atoms with van der Waals surface area (Å²) in [6.07, 6.45) is 1.91. The third-order valence-electron chi connectivity index (χ3n) is 3.21. The molecule has 7 heteroatoms. The van der Waals surface area contributed by atoms with E-state index < -0.39 is 0 Å². The molecule has 0 bridgehead atoms. The minimum Gasteiger partial charge on any atom is -0.370 e. The van der Waals surface area contributed by atoms with Crippen LogP contribution in [-0.4, -0.2) is 47.0 Å². The van der Waals surface area contributed by atoms with Crippen molar-refractivity contribution in [2.45, 2.75) is 26.7 Å². The molecule has 0 atom stereocenters. The maximum atomic E-state index is 6.02. The molecule has 0 amide bonds. The molecule has 0 saturated carbocycles. The molecule has 4 nitrogen and oxygen atoms in total. The van der Waals surface area contributed by atoms with Crippen molar-refractivity contribution in [3.05, 3.63) is 15.6 Å². The number of aryl methyl sites for hydroxylation is 2. The van der Waals surface area contributed by atoms with E-state index in [1.807, 2.05) is 11.8 Å². The Morgan fingerprint density at radius 2 is 2.10 bits per heavy atom. The van der Waals surface area contributed by atoms with Crippen LogP contribution in [0, 0.1) is 6.92 Å². The molecule has 2 rings (SSSR count). The number of aromatic nitrogens is 1. The number of nitrogens with zero attached hydrogens (tertiary/aromatic N) is 3. The highest BCUT2D eigenvalue weighted by Crippen LogP contribution is 2.18. The van der Waals surface area contributed by atoms with Crippen molar-refractivity contribution in [1.82, 2.24) is 9.88 Å². The molecule has 1 saturated heterocycles. The van der Waals surface area contributed by atoms with Gasteiger partial charge in [0.25, 0.3) is 0 Å². The third kappa shape index (κ3) is 5.07. The number of rotatable bonds is 4. The Hall–Kier alpha value is -0.0200. The van der Waals surface area contributed by atoms with Crippen molar-refractivity contribution in [2.75, 3.05) is 31.1 Å². The Balaban J connectivity index is 0.00000200. The molecule has 0 aromatic carbocycles. The number of halogens is 1. The number of hydrogen-bond acceptors (Lipinski definition) is 4. The van der Waals surface area contributed by atoms with Crippen LogP contribution in [0.15, 0.2) is 4.99 Å². The molecule has 114 valence electrons. The first-order valence-corrected chi connectivity index (χ1v) is 8.75. The average molecular weight is 426 g/mol. The topological polar surface area (TPSA) is 54.5 Å². The predicted molar refractivity (Wildman–Crippen MR) is 101 cm³/mol. The normalized spacial score (nSPS) is 16.1. The maximum absolute atomic E-state index is 6.02. The summed E-state index contributed by atoms with van der Waals surface area (Å²) >= 11 is 3.77. The Labute approximate surface area is 146 Å². The molecule has 0 spiro atoms. The number of hydrogen-bond donors (Lipinski definition) is 1. The molecule has 0 unspecified atom stereocenters. The number of guanidine groups is 1. The minimum absolute atomic E-state index is 0. The number of nitrogens with two attached hydrogens (primary N) is 1. The van der Waals surface area contributed by atoms with E-state index in [-0.39, 0.29) is 24.0 Å². The quantitative estimate of drug-likeness (QED) is 0.457. The second-order valence-electron chi connectivity index (χ2n) is 4.55. The summed E-state index contributed by atoms with van der Waals surface area (Å²) in [7, 11) is 0. The van der Waals surface area contributed by atoms with E-state index in [4.69, 9.17) is 5.73 Å². The van der Waals surface area contributed by atoms with E-state index in [1.54, 1.807) is 11.3 Å². The first kappa shape index (κ1) is 18.0. The molecule has 1 aromatic rings. The number of aliphatic imine (C=N–C) groups is 1. The van der Waals surface area contributed by atoms with Crippen LogP contribution in [0.5, 0.6) is 0 Å². The minimum atomic E-state index is 0. The first-order valence-electron chi connectivity index (χ1n) is 6.78. The zero-order valence-corrected chi connectivity index (χ0v) is 16.1. The van der Waals surface area contributed by atoms with Crippen LogP contribution in [-0.2, 0) is 12.8 Å². The number of thioether (sulfide) groups is 1. The summed E-state index contributed by atoms with van der Waals surface area (Å²) in [5.74, 6) is 3.01. The van der Waals surface area contributed by atoms with Gasteiger partial charge in [0.2, 0.25) is 0 Å². The van der Waals surface area contributed by atoms with Gasteiger partial charge < -0.3 is 10.6 Å². The fraction of sp³-hybridized carbons (Fsp3) is 0.692. The monoisotopic (exact) mass is 426 g/mol. The lowest BCUT2D eigenvalue weighted by Gasteiger charge is -2.27. The van der Waals surface area contributed by atoms with Crippen molar-refractivity contribution >= 4 is 53.0 Å². The van der Waals surface area contributed by atoms with Gasteiger partial charge in [-0.25, -0.2) is 4.98 Å². The molecule has 20 heavy (non-hydrogen) atoms. The maximum Gasteiger partial charge on any atom is 0.191 e. The largest absolute Gasteiger partial charge is 0.370 e. The van der Waals surface area contributed by atoms with E-state index >= 15 is 0 Å². The molecule has 0 radical (unpaired) electrons. The Morgan fingerprint density at radius 3 is 2.70 bits per heavy atom. The van der Waals surface area contributed by atoms with E-state index in [0.717, 1.165) is 44.0 Å². The first-order chi connectivity index (χ1) is 9.20. The van der Waals surface area contributed by atoms with Crippen molar-refractivity contribution in [3.8, 4) is 0 Å². The molecule has 2 N–H and O–H groups in total. The summed E-state index contributed by atoms with van der Waals surface area (Å²) in [6.45, 7) is 7.08. The zero-order chi connectivity index (χ0) is 13.7. The van der Waals surface area contributed by atoms with Gasteiger partial charge in [-0.1, -0.05) is 6.92 Å². The van der Waals surface area contributed by atoms with Crippen molar-refractivity contribution < 1.29 is 0 Å². The average Bonchev–Trinajstić information content (AvgIpc) is 2.80. The van der Waals surface area contributed by atoms with Gasteiger partial charge >= 0.3 is 0 Å². The standard InChI is InChI=1S/C13H22N4S2.HI/c1-3-11-10(2)19-12(16-11)4-5-15-13(14)17-6-8-18-9-7-17;/h3-9H2,1-2H3,(H2,14,15);1H. The lowest BCUT2D eigenvalue weighted by Crippen LogP contribution is -2.42. The second kappa shape index (κ2) is 9.09. The van der Waals surface area contributed by atoms with Crippen LogP contribution in [0.25, 0.3) is 0 Å². The summed E-state index contributed by atoms with van der Waals surface area (Å²) in [4.78, 5) is 12.6. The van der Waals surface area contributed by atoms with Gasteiger partial charge in [-0.3, -0.25) is 4.99 Å². The lowest BCUT2D eigenvalue weighted by molar-refractivity contribution is 0.456. The Morgan fingerprint density at radius 1 is 1.40 bits per heavy atom. The fourth-order valence-electron chi connectivity index (χ4n) is 2.08. The smallest absolute Gasteiger partial charge is 0.191 e. The SMILES string of the molecule is CCc1nc(CCN=C(N)N2CCSCC2)sc1C.I. The predicted octanol–water partition coefficient (Wildman–Crippen LogP) is 2.54. The highest BCUT2D eigenvalue weighted by atomic mass is 127. The van der Waals surface area contributed by atoms with E-state index in [0.29, 0.717) is 5.96 Å².